The molecule has 0 aromatic heterocycles. The second kappa shape index (κ2) is 11.7. The first-order valence-electron chi connectivity index (χ1n) is 9.37. The Morgan fingerprint density at radius 3 is 2.04 bits per heavy atom. The van der Waals surface area contributed by atoms with Crippen LogP contribution in [-0.4, -0.2) is 21.3 Å². The Bertz CT molecular complexity index is 761. The van der Waals surface area contributed by atoms with Crippen LogP contribution in [0.1, 0.15) is 45.4 Å². The van der Waals surface area contributed by atoms with Crippen molar-refractivity contribution in [1.29, 1.82) is 0 Å². The first-order chi connectivity index (χ1) is 13.1. The van der Waals surface area contributed by atoms with Crippen LogP contribution < -0.4 is 4.74 Å². The molecule has 27 heavy (non-hydrogen) atoms. The van der Waals surface area contributed by atoms with Crippen molar-refractivity contribution in [3.63, 3.8) is 0 Å². The van der Waals surface area contributed by atoms with Crippen molar-refractivity contribution in [2.24, 2.45) is 0 Å². The average molecular weight is 504 g/mol. The zero-order valence-corrected chi connectivity index (χ0v) is 19.0. The predicted molar refractivity (Wildman–Crippen MR) is 119 cm³/mol. The van der Waals surface area contributed by atoms with Crippen LogP contribution in [0.4, 0.5) is 0 Å². The third kappa shape index (κ3) is 7.79. The molecule has 2 aromatic carbocycles. The third-order valence-electron chi connectivity index (χ3n) is 4.09. The normalized spacial score (nSPS) is 12.0. The van der Waals surface area contributed by atoms with Crippen molar-refractivity contribution in [3.05, 3.63) is 61.7 Å². The molecule has 0 atom stereocenters. The van der Waals surface area contributed by atoms with Gasteiger partial charge >= 0.3 is 172 Å². The minimum atomic E-state index is -3.55. The molecule has 4 nitrogen and oxygen atoms in total. The molecule has 2 aromatic rings. The summed E-state index contributed by atoms with van der Waals surface area (Å²) in [7, 11) is -1.93. The molecule has 0 aliphatic carbocycles. The van der Waals surface area contributed by atoms with Gasteiger partial charge in [0.2, 0.25) is 0 Å². The molecule has 0 saturated heterocycles. The molecule has 0 bridgehead atoms. The van der Waals surface area contributed by atoms with Crippen LogP contribution in [0.25, 0.3) is 0 Å². The van der Waals surface area contributed by atoms with Crippen molar-refractivity contribution >= 4 is 30.4 Å². The molecular weight excluding hydrogens is 475 g/mol. The zero-order valence-electron chi connectivity index (χ0n) is 16.1. The Labute approximate surface area is 171 Å². The van der Waals surface area contributed by atoms with E-state index in [4.69, 9.17) is 7.25 Å². The van der Waals surface area contributed by atoms with E-state index in [1.54, 1.807) is 7.11 Å². The van der Waals surface area contributed by atoms with Crippen LogP contribution in [0.15, 0.2) is 54.6 Å². The van der Waals surface area contributed by atoms with Crippen molar-refractivity contribution in [1.82, 2.24) is 0 Å². The second-order valence-electron chi connectivity index (χ2n) is 6.29. The first kappa shape index (κ1) is 22.2. The van der Waals surface area contributed by atoms with E-state index < -0.39 is 30.4 Å². The first-order valence-corrected chi connectivity index (χ1v) is 14.0. The number of unbranched alkanes of at least 4 members (excludes halogenated alkanes) is 5. The summed E-state index contributed by atoms with van der Waals surface area (Å²) in [6.45, 7) is 2.17. The summed E-state index contributed by atoms with van der Waals surface area (Å²) < 4.78 is 38.1. The van der Waals surface area contributed by atoms with Gasteiger partial charge in [0, 0.05) is 0 Å². The third-order valence-corrected chi connectivity index (χ3v) is 11.6. The Balaban J connectivity index is 2.07. The molecule has 0 aliphatic heterocycles. The molecule has 0 unspecified atom stereocenters. The average Bonchev–Trinajstić information content (AvgIpc) is 2.69. The Kier molecular flexibility index (Phi) is 9.58. The Morgan fingerprint density at radius 1 is 0.815 bits per heavy atom. The van der Waals surface area contributed by atoms with Crippen LogP contribution in [0.5, 0.6) is 5.75 Å². The number of methoxy groups -OCH3 is 1. The molecule has 0 aliphatic rings. The number of halogens is 1. The van der Waals surface area contributed by atoms with Gasteiger partial charge in [-0.05, 0) is 0 Å². The van der Waals surface area contributed by atoms with Gasteiger partial charge in [0.05, 0.1) is 0 Å². The molecule has 0 heterocycles. The summed E-state index contributed by atoms with van der Waals surface area (Å²) in [5.74, 6) is 0.841. The van der Waals surface area contributed by atoms with Gasteiger partial charge in [0.15, 0.2) is 0 Å². The molecule has 0 saturated carbocycles. The summed E-state index contributed by atoms with van der Waals surface area (Å²) in [6, 6.07) is 17.2. The SMILES string of the molecule is CCCCCCCCS(=O)(=O)OI(c1ccccc1)c1ccc(OC)cc1. The maximum atomic E-state index is 12.6. The standard InChI is InChI=1S/C21H29IO4S/c1-3-4-5-6-7-11-18-27(23,24)26-22(19-12-9-8-10-13-19)20-14-16-21(25-2)17-15-20/h8-10,12-17H,3-7,11,18H2,1-2H3. The van der Waals surface area contributed by atoms with E-state index in [1.165, 1.54) is 19.3 Å². The van der Waals surface area contributed by atoms with Crippen LogP contribution in [0.3, 0.4) is 0 Å². The minimum absolute atomic E-state index is 0.0933. The van der Waals surface area contributed by atoms with Crippen molar-refractivity contribution in [2.75, 3.05) is 12.9 Å². The molecule has 0 N–H and O–H groups in total. The number of hydrogen-bond donors (Lipinski definition) is 0. The van der Waals surface area contributed by atoms with Crippen LogP contribution >= 0.6 is 20.2 Å². The fourth-order valence-electron chi connectivity index (χ4n) is 2.60. The van der Waals surface area contributed by atoms with Gasteiger partial charge in [-0.2, -0.15) is 0 Å². The summed E-state index contributed by atoms with van der Waals surface area (Å²) in [4.78, 5) is 0. The summed E-state index contributed by atoms with van der Waals surface area (Å²) in [6.07, 6.45) is 6.26. The fourth-order valence-corrected chi connectivity index (χ4v) is 9.79. The van der Waals surface area contributed by atoms with Crippen molar-refractivity contribution in [3.8, 4) is 5.75 Å². The van der Waals surface area contributed by atoms with E-state index in [0.29, 0.717) is 6.42 Å². The molecule has 2 rings (SSSR count). The molecule has 0 amide bonds. The van der Waals surface area contributed by atoms with E-state index in [2.05, 4.69) is 6.92 Å². The fraction of sp³-hybridized carbons (Fsp3) is 0.429. The van der Waals surface area contributed by atoms with Crippen LogP contribution in [-0.2, 0) is 12.6 Å². The second-order valence-corrected chi connectivity index (χ2v) is 12.9. The number of rotatable bonds is 12. The topological polar surface area (TPSA) is 52.6 Å². The molecule has 0 radical (unpaired) electrons. The van der Waals surface area contributed by atoms with Gasteiger partial charge < -0.3 is 0 Å². The van der Waals surface area contributed by atoms with E-state index in [-0.39, 0.29) is 5.75 Å². The van der Waals surface area contributed by atoms with E-state index in [0.717, 1.165) is 25.7 Å². The predicted octanol–water partition coefficient (Wildman–Crippen LogP) is 5.86. The number of ether oxygens (including phenoxy) is 1. The Hall–Kier alpha value is -1.12. The van der Waals surface area contributed by atoms with Crippen LogP contribution in [0.2, 0.25) is 0 Å². The number of hydrogen-bond acceptors (Lipinski definition) is 4. The van der Waals surface area contributed by atoms with Gasteiger partial charge in [-0.1, -0.05) is 0 Å². The summed E-state index contributed by atoms with van der Waals surface area (Å²) in [5, 5.41) is 0. The molecule has 0 spiro atoms. The van der Waals surface area contributed by atoms with Gasteiger partial charge in [0.1, 0.15) is 0 Å². The van der Waals surface area contributed by atoms with E-state index >= 15 is 0 Å². The summed E-state index contributed by atoms with van der Waals surface area (Å²) in [5.41, 5.74) is 0. The van der Waals surface area contributed by atoms with Gasteiger partial charge in [0.25, 0.3) is 0 Å². The van der Waals surface area contributed by atoms with Crippen molar-refractivity contribution in [2.45, 2.75) is 45.4 Å². The molecule has 150 valence electrons. The quantitative estimate of drug-likeness (QED) is 0.268. The van der Waals surface area contributed by atoms with Crippen LogP contribution in [0, 0.1) is 7.14 Å². The molecule has 0 fully saturated rings. The van der Waals surface area contributed by atoms with E-state index in [9.17, 15) is 8.42 Å². The zero-order chi connectivity index (χ0) is 19.5. The van der Waals surface area contributed by atoms with Gasteiger partial charge in [-0.15, -0.1) is 0 Å². The number of benzene rings is 2. The molecule has 6 heteroatoms. The Morgan fingerprint density at radius 2 is 1.41 bits per heavy atom. The maximum absolute atomic E-state index is 12.6. The monoisotopic (exact) mass is 504 g/mol. The van der Waals surface area contributed by atoms with E-state index in [1.807, 2.05) is 54.6 Å². The van der Waals surface area contributed by atoms with Gasteiger partial charge in [-0.3, -0.25) is 0 Å². The summed E-state index contributed by atoms with van der Waals surface area (Å²) >= 11 is -2.53. The van der Waals surface area contributed by atoms with Gasteiger partial charge in [-0.25, -0.2) is 0 Å². The molecular formula is C21H29IO4S. The van der Waals surface area contributed by atoms with Crippen molar-refractivity contribution < 1.29 is 15.7 Å².